The van der Waals surface area contributed by atoms with Gasteiger partial charge in [-0.3, -0.25) is 0 Å². The second-order valence-electron chi connectivity index (χ2n) is 4.72. The number of hydrogen-bond donors (Lipinski definition) is 0. The summed E-state index contributed by atoms with van der Waals surface area (Å²) in [5.74, 6) is 0.516. The summed E-state index contributed by atoms with van der Waals surface area (Å²) in [5, 5.41) is 0. The molecular weight excluding hydrogens is 355 g/mol. The van der Waals surface area contributed by atoms with Gasteiger partial charge in [-0.1, -0.05) is 0 Å². The Balaban J connectivity index is 2.10. The molecular formula is C15H13BrOSe. The molecule has 0 fully saturated rings. The van der Waals surface area contributed by atoms with Crippen LogP contribution in [-0.2, 0) is 3.82 Å². The Labute approximate surface area is 116 Å². The van der Waals surface area contributed by atoms with E-state index in [0.29, 0.717) is 5.92 Å². The van der Waals surface area contributed by atoms with Crippen LogP contribution in [0.15, 0.2) is 48.5 Å². The van der Waals surface area contributed by atoms with E-state index in [1.807, 2.05) is 0 Å². The van der Waals surface area contributed by atoms with Crippen LogP contribution < -0.4 is 8.92 Å². The Bertz CT molecular complexity index is 578. The van der Waals surface area contributed by atoms with Gasteiger partial charge in [-0.15, -0.1) is 0 Å². The van der Waals surface area contributed by atoms with E-state index in [4.69, 9.17) is 3.82 Å². The zero-order valence-electron chi connectivity index (χ0n) is 9.80. The standard InChI is InChI=1S/C15H13BrOSe/c16-18-14-7-3-1-5-12(14)11(9-10-17-18)13-6-2-4-8-15(13)18/h1-8,11H,9-10H2. The quantitative estimate of drug-likeness (QED) is 0.650. The fraction of sp³-hybridized carbons (Fsp3) is 0.200. The number of rotatable bonds is 0. The zero-order chi connectivity index (χ0) is 12.2. The van der Waals surface area contributed by atoms with Crippen molar-refractivity contribution in [3.05, 3.63) is 59.7 Å². The number of fused-ring (bicyclic) bond motifs is 2. The molecule has 0 spiro atoms. The van der Waals surface area contributed by atoms with Crippen LogP contribution in [0.2, 0.25) is 0 Å². The summed E-state index contributed by atoms with van der Waals surface area (Å²) in [6.45, 7) is 0.860. The van der Waals surface area contributed by atoms with Crippen LogP contribution in [0.25, 0.3) is 0 Å². The van der Waals surface area contributed by atoms with Crippen molar-refractivity contribution in [2.75, 3.05) is 6.61 Å². The fourth-order valence-electron chi connectivity index (χ4n) is 3.02. The molecule has 18 heavy (non-hydrogen) atoms. The van der Waals surface area contributed by atoms with E-state index in [1.165, 1.54) is 20.1 Å². The van der Waals surface area contributed by atoms with Gasteiger partial charge in [0.2, 0.25) is 0 Å². The molecule has 0 unspecified atom stereocenters. The summed E-state index contributed by atoms with van der Waals surface area (Å²) >= 11 is 1.68. The van der Waals surface area contributed by atoms with Gasteiger partial charge in [0.05, 0.1) is 0 Å². The van der Waals surface area contributed by atoms with Crippen molar-refractivity contribution in [1.29, 1.82) is 0 Å². The van der Waals surface area contributed by atoms with Crippen molar-refractivity contribution in [3.8, 4) is 0 Å². The molecule has 0 atom stereocenters. The molecule has 3 heteroatoms. The van der Waals surface area contributed by atoms with Crippen LogP contribution >= 0.6 is 14.1 Å². The molecule has 0 aromatic heterocycles. The van der Waals surface area contributed by atoms with E-state index in [0.717, 1.165) is 13.0 Å². The SMILES string of the molecule is Br[Se]12OCCC(c3ccccc31)c1ccccc12. The molecule has 0 saturated carbocycles. The molecule has 0 aliphatic carbocycles. The third kappa shape index (κ3) is 1.36. The van der Waals surface area contributed by atoms with E-state index in [9.17, 15) is 0 Å². The van der Waals surface area contributed by atoms with Gasteiger partial charge >= 0.3 is 117 Å². The van der Waals surface area contributed by atoms with Crippen molar-refractivity contribution in [2.24, 2.45) is 0 Å². The van der Waals surface area contributed by atoms with Crippen LogP contribution in [-0.4, -0.2) is 18.0 Å². The van der Waals surface area contributed by atoms with Crippen molar-refractivity contribution in [1.82, 2.24) is 0 Å². The maximum atomic E-state index is 6.31. The number of benzene rings is 2. The first kappa shape index (κ1) is 11.2. The second-order valence-corrected chi connectivity index (χ2v) is 13.8. The van der Waals surface area contributed by atoms with Gasteiger partial charge in [0, 0.05) is 0 Å². The first-order valence-corrected chi connectivity index (χ1v) is 12.6. The van der Waals surface area contributed by atoms with Crippen LogP contribution in [0.5, 0.6) is 0 Å². The molecule has 92 valence electrons. The fourth-order valence-corrected chi connectivity index (χ4v) is 11.7. The van der Waals surface area contributed by atoms with Gasteiger partial charge in [-0.05, 0) is 0 Å². The van der Waals surface area contributed by atoms with Gasteiger partial charge in [0.15, 0.2) is 0 Å². The summed E-state index contributed by atoms with van der Waals surface area (Å²) in [6, 6.07) is 17.6. The molecule has 0 saturated heterocycles. The van der Waals surface area contributed by atoms with Crippen molar-refractivity contribution in [3.63, 3.8) is 0 Å². The summed E-state index contributed by atoms with van der Waals surface area (Å²) < 4.78 is 9.16. The monoisotopic (exact) mass is 368 g/mol. The van der Waals surface area contributed by atoms with E-state index < -0.39 is 11.4 Å². The van der Waals surface area contributed by atoms with Gasteiger partial charge in [-0.25, -0.2) is 0 Å². The molecule has 2 aromatic carbocycles. The number of hydrogen-bond acceptors (Lipinski definition) is 1. The molecule has 0 N–H and O–H groups in total. The van der Waals surface area contributed by atoms with Gasteiger partial charge in [-0.2, -0.15) is 0 Å². The molecule has 3 aliphatic heterocycles. The summed E-state index contributed by atoms with van der Waals surface area (Å²) in [4.78, 5) is 0. The Morgan fingerprint density at radius 3 is 2.11 bits per heavy atom. The van der Waals surface area contributed by atoms with E-state index in [2.05, 4.69) is 62.6 Å². The third-order valence-electron chi connectivity index (χ3n) is 3.81. The predicted molar refractivity (Wildman–Crippen MR) is 79.2 cm³/mol. The predicted octanol–water partition coefficient (Wildman–Crippen LogP) is 2.50. The molecule has 0 radical (unpaired) electrons. The second kappa shape index (κ2) is 3.94. The van der Waals surface area contributed by atoms with Gasteiger partial charge < -0.3 is 0 Å². The normalized spacial score (nSPS) is 31.9. The zero-order valence-corrected chi connectivity index (χ0v) is 13.1. The molecule has 5 rings (SSSR count). The topological polar surface area (TPSA) is 9.23 Å². The van der Waals surface area contributed by atoms with E-state index in [-0.39, 0.29) is 0 Å². The summed E-state index contributed by atoms with van der Waals surface area (Å²) in [5.41, 5.74) is 2.95. The molecule has 1 nitrogen and oxygen atoms in total. The Kier molecular flexibility index (Phi) is 2.46. The van der Waals surface area contributed by atoms with Crippen LogP contribution in [0.4, 0.5) is 0 Å². The van der Waals surface area contributed by atoms with Gasteiger partial charge in [0.1, 0.15) is 0 Å². The van der Waals surface area contributed by atoms with Crippen molar-refractivity contribution in [2.45, 2.75) is 12.3 Å². The first-order chi connectivity index (χ1) is 8.81. The Morgan fingerprint density at radius 2 is 1.50 bits per heavy atom. The van der Waals surface area contributed by atoms with Gasteiger partial charge in [0.25, 0.3) is 0 Å². The first-order valence-electron chi connectivity index (χ1n) is 6.16. The van der Waals surface area contributed by atoms with Crippen molar-refractivity contribution < 1.29 is 3.82 Å². The van der Waals surface area contributed by atoms with Crippen LogP contribution in [0, 0.1) is 0 Å². The Morgan fingerprint density at radius 1 is 0.944 bits per heavy atom. The molecule has 0 amide bonds. The average Bonchev–Trinajstić information content (AvgIpc) is 2.66. The average molecular weight is 368 g/mol. The summed E-state index contributed by atoms with van der Waals surface area (Å²) in [6.07, 6.45) is 1.10. The third-order valence-corrected chi connectivity index (χ3v) is 13.4. The van der Waals surface area contributed by atoms with E-state index >= 15 is 0 Å². The molecule has 3 heterocycles. The summed E-state index contributed by atoms with van der Waals surface area (Å²) in [7, 11) is 0. The molecule has 2 bridgehead atoms. The minimum atomic E-state index is -2.33. The van der Waals surface area contributed by atoms with Crippen LogP contribution in [0.1, 0.15) is 23.5 Å². The van der Waals surface area contributed by atoms with Crippen molar-refractivity contribution >= 4 is 34.4 Å². The molecule has 3 aliphatic rings. The molecule has 2 aromatic rings. The van der Waals surface area contributed by atoms with E-state index in [1.54, 1.807) is 0 Å². The Hall–Kier alpha value is -0.601. The maximum absolute atomic E-state index is 6.31. The van der Waals surface area contributed by atoms with Crippen LogP contribution in [0.3, 0.4) is 0 Å². The number of halogens is 1. The minimum absolute atomic E-state index is 0.516.